The molecule has 25 heavy (non-hydrogen) atoms. The van der Waals surface area contributed by atoms with Crippen LogP contribution in [0.1, 0.15) is 33.7 Å². The molecule has 132 valence electrons. The number of hydrogen-bond donors (Lipinski definition) is 0. The zero-order chi connectivity index (χ0) is 17.8. The monoisotopic (exact) mass is 349 g/mol. The van der Waals surface area contributed by atoms with E-state index in [0.29, 0.717) is 5.69 Å². The third-order valence-corrected chi connectivity index (χ3v) is 5.11. The molecular formula is C18H18F3N3O. The van der Waals surface area contributed by atoms with Crippen LogP contribution in [0.3, 0.4) is 0 Å². The van der Waals surface area contributed by atoms with Gasteiger partial charge in [0.2, 0.25) is 0 Å². The number of amides is 1. The molecule has 0 saturated carbocycles. The number of halogens is 3. The van der Waals surface area contributed by atoms with Crippen LogP contribution in [0.15, 0.2) is 24.3 Å². The lowest BCUT2D eigenvalue weighted by atomic mass is 9.98. The fourth-order valence-corrected chi connectivity index (χ4v) is 3.61. The summed E-state index contributed by atoms with van der Waals surface area (Å²) in [6.45, 7) is 1.44. The molecule has 1 saturated heterocycles. The zero-order valence-corrected chi connectivity index (χ0v) is 13.8. The predicted molar refractivity (Wildman–Crippen MR) is 85.8 cm³/mol. The number of benzene rings is 1. The van der Waals surface area contributed by atoms with Crippen LogP contribution in [-0.4, -0.2) is 39.9 Å². The van der Waals surface area contributed by atoms with E-state index in [-0.39, 0.29) is 19.0 Å². The van der Waals surface area contributed by atoms with Gasteiger partial charge in [0.05, 0.1) is 11.6 Å². The van der Waals surface area contributed by atoms with Crippen molar-refractivity contribution in [3.8, 4) is 5.69 Å². The fourth-order valence-electron chi connectivity index (χ4n) is 3.61. The van der Waals surface area contributed by atoms with Gasteiger partial charge in [0, 0.05) is 24.3 Å². The van der Waals surface area contributed by atoms with Crippen LogP contribution >= 0.6 is 0 Å². The standard InChI is InChI=1S/C18H18F3N3O/c1-11-5-2-3-7-14(11)24-15-8-4-6-13(15)16(22-24)17(25)23-9-12(10-23)18(19,20)21/h2-3,5,7,12H,4,6,8-10H2,1H3. The van der Waals surface area contributed by atoms with Crippen molar-refractivity contribution >= 4 is 5.91 Å². The first-order valence-electron chi connectivity index (χ1n) is 8.39. The summed E-state index contributed by atoms with van der Waals surface area (Å²) in [6, 6.07) is 7.77. The SMILES string of the molecule is Cc1ccccc1-n1nc(C(=O)N2CC(C(F)(F)F)C2)c2c1CCC2. The van der Waals surface area contributed by atoms with Crippen LogP contribution in [-0.2, 0) is 12.8 Å². The summed E-state index contributed by atoms with van der Waals surface area (Å²) in [4.78, 5) is 13.9. The maximum atomic E-state index is 12.7. The van der Waals surface area contributed by atoms with Crippen LogP contribution in [0.25, 0.3) is 5.69 Å². The zero-order valence-electron chi connectivity index (χ0n) is 13.8. The van der Waals surface area contributed by atoms with Gasteiger partial charge < -0.3 is 4.90 Å². The van der Waals surface area contributed by atoms with Gasteiger partial charge in [-0.05, 0) is 37.8 Å². The van der Waals surface area contributed by atoms with E-state index in [0.717, 1.165) is 41.8 Å². The van der Waals surface area contributed by atoms with Crippen LogP contribution in [0.2, 0.25) is 0 Å². The lowest BCUT2D eigenvalue weighted by Crippen LogP contribution is -2.55. The van der Waals surface area contributed by atoms with Gasteiger partial charge in [-0.2, -0.15) is 18.3 Å². The molecule has 1 aliphatic carbocycles. The molecule has 1 aliphatic heterocycles. The van der Waals surface area contributed by atoms with Gasteiger partial charge in [-0.1, -0.05) is 18.2 Å². The summed E-state index contributed by atoms with van der Waals surface area (Å²) in [5.74, 6) is -1.80. The molecule has 2 aromatic rings. The Labute approximate surface area is 143 Å². The molecule has 2 aliphatic rings. The van der Waals surface area contributed by atoms with E-state index in [9.17, 15) is 18.0 Å². The van der Waals surface area contributed by atoms with Crippen LogP contribution in [0, 0.1) is 12.8 Å². The summed E-state index contributed by atoms with van der Waals surface area (Å²) in [5, 5.41) is 4.50. The minimum atomic E-state index is -4.24. The van der Waals surface area contributed by atoms with Gasteiger partial charge in [0.1, 0.15) is 0 Å². The molecule has 0 unspecified atom stereocenters. The minimum Gasteiger partial charge on any atom is -0.336 e. The Hall–Kier alpha value is -2.31. The van der Waals surface area contributed by atoms with Crippen molar-refractivity contribution in [3.05, 3.63) is 46.8 Å². The molecule has 0 atom stereocenters. The third kappa shape index (κ3) is 2.62. The Morgan fingerprint density at radius 1 is 1.20 bits per heavy atom. The molecular weight excluding hydrogens is 331 g/mol. The van der Waals surface area contributed by atoms with E-state index >= 15 is 0 Å². The molecule has 0 bridgehead atoms. The van der Waals surface area contributed by atoms with Gasteiger partial charge in [0.15, 0.2) is 5.69 Å². The number of para-hydroxylation sites is 1. The first-order valence-corrected chi connectivity index (χ1v) is 8.39. The highest BCUT2D eigenvalue weighted by Gasteiger charge is 2.49. The number of fused-ring (bicyclic) bond motifs is 1. The number of carbonyl (C=O) groups is 1. The summed E-state index contributed by atoms with van der Waals surface area (Å²) >= 11 is 0. The highest BCUT2D eigenvalue weighted by atomic mass is 19.4. The molecule has 2 heterocycles. The fraction of sp³-hybridized carbons (Fsp3) is 0.444. The van der Waals surface area contributed by atoms with Gasteiger partial charge in [-0.3, -0.25) is 4.79 Å². The van der Waals surface area contributed by atoms with Crippen molar-refractivity contribution in [2.75, 3.05) is 13.1 Å². The van der Waals surface area contributed by atoms with E-state index in [1.54, 1.807) is 4.68 Å². The highest BCUT2D eigenvalue weighted by molar-refractivity contribution is 5.95. The summed E-state index contributed by atoms with van der Waals surface area (Å²) in [7, 11) is 0. The molecule has 0 N–H and O–H groups in total. The van der Waals surface area contributed by atoms with Crippen molar-refractivity contribution < 1.29 is 18.0 Å². The number of hydrogen-bond acceptors (Lipinski definition) is 2. The van der Waals surface area contributed by atoms with Gasteiger partial charge in [-0.25, -0.2) is 4.68 Å². The second-order valence-corrected chi connectivity index (χ2v) is 6.77. The number of rotatable bonds is 2. The lowest BCUT2D eigenvalue weighted by Gasteiger charge is -2.39. The van der Waals surface area contributed by atoms with Crippen molar-refractivity contribution in [2.24, 2.45) is 5.92 Å². The molecule has 4 nitrogen and oxygen atoms in total. The number of aromatic nitrogens is 2. The van der Waals surface area contributed by atoms with E-state index in [1.165, 1.54) is 4.90 Å². The molecule has 7 heteroatoms. The smallest absolute Gasteiger partial charge is 0.336 e. The van der Waals surface area contributed by atoms with Crippen molar-refractivity contribution in [3.63, 3.8) is 0 Å². The molecule has 1 amide bonds. The van der Waals surface area contributed by atoms with E-state index < -0.39 is 12.1 Å². The third-order valence-electron chi connectivity index (χ3n) is 5.11. The topological polar surface area (TPSA) is 38.1 Å². The molecule has 1 aromatic heterocycles. The van der Waals surface area contributed by atoms with Crippen LogP contribution in [0.4, 0.5) is 13.2 Å². The first-order chi connectivity index (χ1) is 11.9. The van der Waals surface area contributed by atoms with Gasteiger partial charge >= 0.3 is 6.18 Å². The second-order valence-electron chi connectivity index (χ2n) is 6.77. The normalized spacial score (nSPS) is 17.5. The van der Waals surface area contributed by atoms with Crippen LogP contribution in [0.5, 0.6) is 0 Å². The summed E-state index contributed by atoms with van der Waals surface area (Å²) in [6.07, 6.45) is -1.72. The quantitative estimate of drug-likeness (QED) is 0.834. The first kappa shape index (κ1) is 16.2. The molecule has 0 radical (unpaired) electrons. The highest BCUT2D eigenvalue weighted by Crippen LogP contribution is 2.35. The van der Waals surface area contributed by atoms with Crippen molar-refractivity contribution in [1.29, 1.82) is 0 Å². The number of likely N-dealkylation sites (tertiary alicyclic amines) is 1. The van der Waals surface area contributed by atoms with E-state index in [4.69, 9.17) is 0 Å². The number of alkyl halides is 3. The molecule has 1 fully saturated rings. The van der Waals surface area contributed by atoms with E-state index in [1.807, 2.05) is 31.2 Å². The lowest BCUT2D eigenvalue weighted by molar-refractivity contribution is -0.202. The molecule has 0 spiro atoms. The molecule has 4 rings (SSSR count). The summed E-state index contributed by atoms with van der Waals surface area (Å²) in [5.41, 5.74) is 4.17. The maximum absolute atomic E-state index is 12.7. The Morgan fingerprint density at radius 3 is 2.60 bits per heavy atom. The van der Waals surface area contributed by atoms with Crippen LogP contribution < -0.4 is 0 Å². The maximum Gasteiger partial charge on any atom is 0.395 e. The number of carbonyl (C=O) groups excluding carboxylic acids is 1. The average molecular weight is 349 g/mol. The largest absolute Gasteiger partial charge is 0.395 e. The van der Waals surface area contributed by atoms with E-state index in [2.05, 4.69) is 5.10 Å². The Kier molecular flexibility index (Phi) is 3.63. The Bertz CT molecular complexity index is 835. The Morgan fingerprint density at radius 2 is 1.92 bits per heavy atom. The summed E-state index contributed by atoms with van der Waals surface area (Å²) < 4.78 is 39.8. The average Bonchev–Trinajstić information content (AvgIpc) is 3.06. The minimum absolute atomic E-state index is 0.270. The Balaban J connectivity index is 1.65. The predicted octanol–water partition coefficient (Wildman–Crippen LogP) is 3.30. The van der Waals surface area contributed by atoms with Gasteiger partial charge in [0.25, 0.3) is 5.91 Å². The van der Waals surface area contributed by atoms with Gasteiger partial charge in [-0.15, -0.1) is 0 Å². The second kappa shape index (κ2) is 5.61. The van der Waals surface area contributed by atoms with Crippen molar-refractivity contribution in [2.45, 2.75) is 32.4 Å². The van der Waals surface area contributed by atoms with Crippen molar-refractivity contribution in [1.82, 2.24) is 14.7 Å². The molecule has 1 aromatic carbocycles. The number of nitrogens with zero attached hydrogens (tertiary/aromatic N) is 3. The number of aryl methyl sites for hydroxylation is 1.